The summed E-state index contributed by atoms with van der Waals surface area (Å²) in [6, 6.07) is 18.2. The molecular weight excluding hydrogens is 375 g/mol. The molecule has 0 unspecified atom stereocenters. The normalized spacial score (nSPS) is 11.9. The molecule has 0 spiro atoms. The third-order valence-electron chi connectivity index (χ3n) is 4.97. The number of imidazole rings is 1. The van der Waals surface area contributed by atoms with Gasteiger partial charge in [0.2, 0.25) is 0 Å². The van der Waals surface area contributed by atoms with Crippen molar-refractivity contribution >= 4 is 48.3 Å². The van der Waals surface area contributed by atoms with Crippen LogP contribution in [0.2, 0.25) is 0 Å². The van der Waals surface area contributed by atoms with Gasteiger partial charge in [-0.25, -0.2) is 14.2 Å². The van der Waals surface area contributed by atoms with Crippen LogP contribution >= 0.6 is 11.3 Å². The maximum absolute atomic E-state index is 13.5. The largest absolute Gasteiger partial charge is 0.422 e. The fourth-order valence-electron chi connectivity index (χ4n) is 3.65. The molecule has 0 amide bonds. The predicted octanol–water partition coefficient (Wildman–Crippen LogP) is 5.61. The molecule has 0 radical (unpaired) electrons. The van der Waals surface area contributed by atoms with Crippen LogP contribution in [0, 0.1) is 5.82 Å². The van der Waals surface area contributed by atoms with Crippen molar-refractivity contribution in [3.63, 3.8) is 0 Å². The zero-order valence-electron chi connectivity index (χ0n) is 14.3. The summed E-state index contributed by atoms with van der Waals surface area (Å²) in [5.41, 5.74) is 1.94. The number of fused-ring (bicyclic) bond motifs is 6. The Labute approximate surface area is 161 Å². The Kier molecular flexibility index (Phi) is 3.05. The van der Waals surface area contributed by atoms with E-state index < -0.39 is 5.63 Å². The number of rotatable bonds is 1. The second-order valence-corrected chi connectivity index (χ2v) is 7.65. The standard InChI is InChI=1S/C22H11FN2O2S/c23-13-6-7-18-20(9-13)28-22-24-17(11-25(18)22)16-10-15-14-4-2-1-3-12(14)5-8-19(15)27-21(16)26/h1-11H. The van der Waals surface area contributed by atoms with Gasteiger partial charge in [0.15, 0.2) is 4.96 Å². The fraction of sp³-hybridized carbons (Fsp3) is 0. The highest BCUT2D eigenvalue weighted by molar-refractivity contribution is 7.23. The topological polar surface area (TPSA) is 47.5 Å². The highest BCUT2D eigenvalue weighted by atomic mass is 32.1. The van der Waals surface area contributed by atoms with Gasteiger partial charge in [-0.2, -0.15) is 0 Å². The number of nitrogens with zero attached hydrogens (tertiary/aromatic N) is 2. The van der Waals surface area contributed by atoms with Gasteiger partial charge < -0.3 is 4.42 Å². The number of halogens is 1. The van der Waals surface area contributed by atoms with Crippen molar-refractivity contribution in [2.75, 3.05) is 0 Å². The van der Waals surface area contributed by atoms with E-state index in [1.54, 1.807) is 12.3 Å². The van der Waals surface area contributed by atoms with E-state index in [0.29, 0.717) is 21.8 Å². The second-order valence-electron chi connectivity index (χ2n) is 6.64. The first-order chi connectivity index (χ1) is 13.7. The Morgan fingerprint density at radius 3 is 2.82 bits per heavy atom. The molecule has 4 nitrogen and oxygen atoms in total. The molecule has 0 aliphatic carbocycles. The summed E-state index contributed by atoms with van der Waals surface area (Å²) in [6.07, 6.45) is 1.80. The van der Waals surface area contributed by atoms with E-state index in [1.165, 1.54) is 23.5 Å². The lowest BCUT2D eigenvalue weighted by molar-refractivity contribution is 0.563. The van der Waals surface area contributed by atoms with Crippen molar-refractivity contribution in [1.82, 2.24) is 9.38 Å². The van der Waals surface area contributed by atoms with Crippen molar-refractivity contribution in [2.45, 2.75) is 0 Å². The van der Waals surface area contributed by atoms with Crippen LogP contribution in [0.4, 0.5) is 4.39 Å². The van der Waals surface area contributed by atoms with E-state index in [9.17, 15) is 9.18 Å². The maximum Gasteiger partial charge on any atom is 0.345 e. The first kappa shape index (κ1) is 15.5. The Morgan fingerprint density at radius 1 is 1.00 bits per heavy atom. The van der Waals surface area contributed by atoms with Gasteiger partial charge in [-0.1, -0.05) is 41.7 Å². The predicted molar refractivity (Wildman–Crippen MR) is 110 cm³/mol. The number of benzene rings is 3. The van der Waals surface area contributed by atoms with E-state index in [-0.39, 0.29) is 5.82 Å². The molecule has 0 atom stereocenters. The van der Waals surface area contributed by atoms with Crippen LogP contribution in [0.5, 0.6) is 0 Å². The molecule has 6 aromatic rings. The molecule has 3 aromatic carbocycles. The number of aromatic nitrogens is 2. The molecule has 0 bridgehead atoms. The molecule has 0 saturated carbocycles. The van der Waals surface area contributed by atoms with Crippen LogP contribution in [0.25, 0.3) is 48.2 Å². The molecule has 3 aromatic heterocycles. The summed E-state index contributed by atoms with van der Waals surface area (Å²) < 4.78 is 21.7. The van der Waals surface area contributed by atoms with Crippen LogP contribution in [0.1, 0.15) is 0 Å². The lowest BCUT2D eigenvalue weighted by atomic mass is 10.0. The smallest absolute Gasteiger partial charge is 0.345 e. The number of hydrogen-bond donors (Lipinski definition) is 0. The van der Waals surface area contributed by atoms with E-state index in [4.69, 9.17) is 4.42 Å². The third kappa shape index (κ3) is 2.15. The minimum atomic E-state index is -0.427. The van der Waals surface area contributed by atoms with Gasteiger partial charge in [0.1, 0.15) is 11.4 Å². The summed E-state index contributed by atoms with van der Waals surface area (Å²) in [6.45, 7) is 0. The zero-order valence-corrected chi connectivity index (χ0v) is 15.2. The van der Waals surface area contributed by atoms with Gasteiger partial charge >= 0.3 is 5.63 Å². The summed E-state index contributed by atoms with van der Waals surface area (Å²) in [5.74, 6) is -0.278. The summed E-state index contributed by atoms with van der Waals surface area (Å²) in [7, 11) is 0. The van der Waals surface area contributed by atoms with Gasteiger partial charge in [0, 0.05) is 11.6 Å². The molecule has 3 heterocycles. The van der Waals surface area contributed by atoms with Gasteiger partial charge in [-0.15, -0.1) is 0 Å². The van der Waals surface area contributed by atoms with Crippen molar-refractivity contribution in [3.8, 4) is 11.3 Å². The molecule has 28 heavy (non-hydrogen) atoms. The highest BCUT2D eigenvalue weighted by Gasteiger charge is 2.15. The quantitative estimate of drug-likeness (QED) is 0.272. The molecule has 0 aliphatic rings. The number of hydrogen-bond acceptors (Lipinski definition) is 4. The Morgan fingerprint density at radius 2 is 1.89 bits per heavy atom. The Hall–Kier alpha value is -3.51. The van der Waals surface area contributed by atoms with Crippen LogP contribution in [-0.4, -0.2) is 9.38 Å². The molecule has 6 rings (SSSR count). The lowest BCUT2D eigenvalue weighted by Crippen LogP contribution is -2.03. The molecule has 134 valence electrons. The third-order valence-corrected chi connectivity index (χ3v) is 5.99. The summed E-state index contributed by atoms with van der Waals surface area (Å²) in [4.78, 5) is 17.9. The first-order valence-corrected chi connectivity index (χ1v) is 9.52. The Balaban J connectivity index is 1.64. The van der Waals surface area contributed by atoms with E-state index in [0.717, 1.165) is 26.4 Å². The first-order valence-electron chi connectivity index (χ1n) is 8.70. The summed E-state index contributed by atoms with van der Waals surface area (Å²) >= 11 is 1.38. The maximum atomic E-state index is 13.5. The van der Waals surface area contributed by atoms with Gasteiger partial charge in [0.05, 0.1) is 21.5 Å². The SMILES string of the molecule is O=c1oc2ccc3ccccc3c2cc1-c1cn2c(n1)sc1cc(F)ccc12. The molecule has 0 aliphatic heterocycles. The average molecular weight is 386 g/mol. The van der Waals surface area contributed by atoms with Gasteiger partial charge in [-0.05, 0) is 41.1 Å². The number of thiazole rings is 1. The molecule has 0 fully saturated rings. The monoisotopic (exact) mass is 386 g/mol. The van der Waals surface area contributed by atoms with E-state index in [1.807, 2.05) is 46.9 Å². The minimum Gasteiger partial charge on any atom is -0.422 e. The highest BCUT2D eigenvalue weighted by Crippen LogP contribution is 2.31. The molecule has 0 N–H and O–H groups in total. The summed E-state index contributed by atoms with van der Waals surface area (Å²) in [5, 5.41) is 2.97. The van der Waals surface area contributed by atoms with Crippen LogP contribution in [0.15, 0.2) is 76.1 Å². The van der Waals surface area contributed by atoms with E-state index in [2.05, 4.69) is 4.98 Å². The van der Waals surface area contributed by atoms with Crippen LogP contribution < -0.4 is 5.63 Å². The molecular formula is C22H11FN2O2S. The molecule has 6 heteroatoms. The van der Waals surface area contributed by atoms with Crippen LogP contribution in [-0.2, 0) is 0 Å². The average Bonchev–Trinajstić information content (AvgIpc) is 3.24. The minimum absolute atomic E-state index is 0.278. The Bertz CT molecular complexity index is 1610. The van der Waals surface area contributed by atoms with Crippen molar-refractivity contribution in [3.05, 3.63) is 83.1 Å². The van der Waals surface area contributed by atoms with Crippen molar-refractivity contribution < 1.29 is 8.81 Å². The lowest BCUT2D eigenvalue weighted by Gasteiger charge is -2.04. The fourth-order valence-corrected chi connectivity index (χ4v) is 4.69. The van der Waals surface area contributed by atoms with Crippen LogP contribution in [0.3, 0.4) is 0 Å². The second kappa shape index (κ2) is 5.50. The zero-order chi connectivity index (χ0) is 18.8. The van der Waals surface area contributed by atoms with E-state index >= 15 is 0 Å². The van der Waals surface area contributed by atoms with Gasteiger partial charge in [0.25, 0.3) is 0 Å². The van der Waals surface area contributed by atoms with Gasteiger partial charge in [-0.3, -0.25) is 4.40 Å². The van der Waals surface area contributed by atoms with Crippen molar-refractivity contribution in [1.29, 1.82) is 0 Å². The molecule has 0 saturated heterocycles. The van der Waals surface area contributed by atoms with Crippen molar-refractivity contribution in [2.24, 2.45) is 0 Å².